The highest BCUT2D eigenvalue weighted by molar-refractivity contribution is 7.13. The number of carbonyl (C=O) groups is 2. The van der Waals surface area contributed by atoms with Crippen molar-refractivity contribution in [1.82, 2.24) is 10.3 Å². The monoisotopic (exact) mass is 378 g/mol. The summed E-state index contributed by atoms with van der Waals surface area (Å²) < 4.78 is 10.3. The second kappa shape index (κ2) is 9.30. The first-order valence-corrected chi connectivity index (χ1v) is 8.86. The molecule has 0 aliphatic carbocycles. The standard InChI is InChI=1S/C18H22N2O5S/c1-11-16(26-15(20-11)10-24-2)17(21)19-9-13(18(22)23)8-12-6-4-5-7-14(12)25-3/h4-7,13H,8-10H2,1-3H3,(H,19,21)(H,22,23). The van der Waals surface area contributed by atoms with E-state index in [1.165, 1.54) is 11.3 Å². The molecule has 0 saturated carbocycles. The number of carboxylic acids is 1. The molecule has 140 valence electrons. The van der Waals surface area contributed by atoms with E-state index in [0.29, 0.717) is 27.9 Å². The summed E-state index contributed by atoms with van der Waals surface area (Å²) in [6.07, 6.45) is 0.260. The SMILES string of the molecule is COCc1nc(C)c(C(=O)NCC(Cc2ccccc2OC)C(=O)O)s1. The Bertz CT molecular complexity index is 775. The van der Waals surface area contributed by atoms with Crippen LogP contribution in [0.4, 0.5) is 0 Å². The van der Waals surface area contributed by atoms with E-state index >= 15 is 0 Å². The Morgan fingerprint density at radius 1 is 1.31 bits per heavy atom. The van der Waals surface area contributed by atoms with Crippen LogP contribution in [0.2, 0.25) is 0 Å². The lowest BCUT2D eigenvalue weighted by Crippen LogP contribution is -2.34. The van der Waals surface area contributed by atoms with Crippen molar-refractivity contribution in [3.63, 3.8) is 0 Å². The summed E-state index contributed by atoms with van der Waals surface area (Å²) in [5.41, 5.74) is 1.39. The molecule has 2 rings (SSSR count). The van der Waals surface area contributed by atoms with Crippen molar-refractivity contribution in [3.05, 3.63) is 45.4 Å². The lowest BCUT2D eigenvalue weighted by Gasteiger charge is -2.15. The zero-order valence-electron chi connectivity index (χ0n) is 14.9. The Kier molecular flexibility index (Phi) is 7.11. The number of aryl methyl sites for hydroxylation is 1. The molecule has 0 aliphatic heterocycles. The molecule has 1 heterocycles. The number of thiazole rings is 1. The number of rotatable bonds is 9. The van der Waals surface area contributed by atoms with Gasteiger partial charge in [-0.25, -0.2) is 4.98 Å². The molecule has 0 saturated heterocycles. The normalized spacial score (nSPS) is 11.8. The molecule has 0 fully saturated rings. The third-order valence-electron chi connectivity index (χ3n) is 3.83. The van der Waals surface area contributed by atoms with Gasteiger partial charge in [-0.15, -0.1) is 11.3 Å². The lowest BCUT2D eigenvalue weighted by molar-refractivity contribution is -0.141. The number of methoxy groups -OCH3 is 2. The van der Waals surface area contributed by atoms with Gasteiger partial charge in [0.25, 0.3) is 5.91 Å². The van der Waals surface area contributed by atoms with Crippen molar-refractivity contribution in [3.8, 4) is 5.75 Å². The van der Waals surface area contributed by atoms with E-state index < -0.39 is 11.9 Å². The average molecular weight is 378 g/mol. The number of amides is 1. The molecule has 0 spiro atoms. The molecule has 7 nitrogen and oxygen atoms in total. The van der Waals surface area contributed by atoms with Gasteiger partial charge in [0.2, 0.25) is 0 Å². The van der Waals surface area contributed by atoms with Crippen LogP contribution in [-0.4, -0.2) is 42.7 Å². The zero-order chi connectivity index (χ0) is 19.1. The van der Waals surface area contributed by atoms with Crippen molar-refractivity contribution < 1.29 is 24.2 Å². The lowest BCUT2D eigenvalue weighted by atomic mass is 9.98. The molecule has 0 aliphatic rings. The third-order valence-corrected chi connectivity index (χ3v) is 4.96. The van der Waals surface area contributed by atoms with E-state index in [2.05, 4.69) is 10.3 Å². The minimum Gasteiger partial charge on any atom is -0.496 e. The topological polar surface area (TPSA) is 97.8 Å². The molecule has 1 amide bonds. The van der Waals surface area contributed by atoms with E-state index in [1.54, 1.807) is 27.2 Å². The van der Waals surface area contributed by atoms with E-state index in [1.807, 2.05) is 18.2 Å². The Morgan fingerprint density at radius 2 is 2.04 bits per heavy atom. The van der Waals surface area contributed by atoms with Crippen LogP contribution in [0.3, 0.4) is 0 Å². The van der Waals surface area contributed by atoms with E-state index in [-0.39, 0.29) is 18.9 Å². The van der Waals surface area contributed by atoms with Crippen molar-refractivity contribution >= 4 is 23.2 Å². The molecule has 0 bridgehead atoms. The molecule has 2 aromatic rings. The molecule has 0 radical (unpaired) electrons. The number of nitrogens with one attached hydrogen (secondary N) is 1. The summed E-state index contributed by atoms with van der Waals surface area (Å²) in [5, 5.41) is 12.9. The first kappa shape index (κ1) is 19.9. The number of aliphatic carboxylic acids is 1. The fourth-order valence-corrected chi connectivity index (χ4v) is 3.48. The summed E-state index contributed by atoms with van der Waals surface area (Å²) >= 11 is 1.25. The van der Waals surface area contributed by atoms with Gasteiger partial charge in [-0.1, -0.05) is 18.2 Å². The minimum atomic E-state index is -0.975. The first-order chi connectivity index (χ1) is 12.5. The predicted octanol–water partition coefficient (Wildman–Crippen LogP) is 2.28. The maximum Gasteiger partial charge on any atom is 0.308 e. The van der Waals surface area contributed by atoms with Crippen molar-refractivity contribution in [2.45, 2.75) is 20.0 Å². The van der Waals surface area contributed by atoms with Gasteiger partial charge in [0.1, 0.15) is 15.6 Å². The Balaban J connectivity index is 2.04. The predicted molar refractivity (Wildman–Crippen MR) is 97.7 cm³/mol. The van der Waals surface area contributed by atoms with Gasteiger partial charge >= 0.3 is 5.97 Å². The van der Waals surface area contributed by atoms with Crippen molar-refractivity contribution in [1.29, 1.82) is 0 Å². The highest BCUT2D eigenvalue weighted by Gasteiger charge is 2.22. The number of benzene rings is 1. The van der Waals surface area contributed by atoms with E-state index in [0.717, 1.165) is 5.56 Å². The molecule has 1 aromatic carbocycles. The highest BCUT2D eigenvalue weighted by atomic mass is 32.1. The largest absolute Gasteiger partial charge is 0.496 e. The highest BCUT2D eigenvalue weighted by Crippen LogP contribution is 2.22. The number of carbonyl (C=O) groups excluding carboxylic acids is 1. The van der Waals surface area contributed by atoms with Gasteiger partial charge in [0.05, 0.1) is 25.3 Å². The third kappa shape index (κ3) is 5.03. The fraction of sp³-hybridized carbons (Fsp3) is 0.389. The molecule has 26 heavy (non-hydrogen) atoms. The minimum absolute atomic E-state index is 0.0170. The number of ether oxygens (including phenoxy) is 2. The molecule has 1 atom stereocenters. The van der Waals surface area contributed by atoms with Crippen LogP contribution in [-0.2, 0) is 22.6 Å². The Hall–Kier alpha value is -2.45. The number of para-hydroxylation sites is 1. The van der Waals surface area contributed by atoms with Crippen LogP contribution in [0.5, 0.6) is 5.75 Å². The van der Waals surface area contributed by atoms with Gasteiger partial charge in [0, 0.05) is 13.7 Å². The molecular formula is C18H22N2O5S. The maximum absolute atomic E-state index is 12.4. The van der Waals surface area contributed by atoms with Gasteiger partial charge < -0.3 is 19.9 Å². The summed E-state index contributed by atoms with van der Waals surface area (Å²) in [4.78, 5) is 28.7. The Morgan fingerprint density at radius 3 is 2.69 bits per heavy atom. The second-order valence-corrected chi connectivity index (χ2v) is 6.80. The van der Waals surface area contributed by atoms with E-state index in [9.17, 15) is 14.7 Å². The zero-order valence-corrected chi connectivity index (χ0v) is 15.8. The van der Waals surface area contributed by atoms with Gasteiger partial charge in [0.15, 0.2) is 0 Å². The second-order valence-electron chi connectivity index (χ2n) is 5.72. The summed E-state index contributed by atoms with van der Waals surface area (Å²) in [6.45, 7) is 2.10. The summed E-state index contributed by atoms with van der Waals surface area (Å²) in [6, 6.07) is 7.25. The van der Waals surface area contributed by atoms with Gasteiger partial charge in [-0.2, -0.15) is 0 Å². The summed E-state index contributed by atoms with van der Waals surface area (Å²) in [7, 11) is 3.10. The first-order valence-electron chi connectivity index (χ1n) is 8.04. The van der Waals surface area contributed by atoms with Gasteiger partial charge in [-0.3, -0.25) is 9.59 Å². The van der Waals surface area contributed by atoms with Crippen LogP contribution in [0, 0.1) is 12.8 Å². The van der Waals surface area contributed by atoms with E-state index in [4.69, 9.17) is 9.47 Å². The molecule has 2 N–H and O–H groups in total. The summed E-state index contributed by atoms with van der Waals surface area (Å²) in [5.74, 6) is -1.43. The fourth-order valence-electron chi connectivity index (χ4n) is 2.53. The Labute approximate surface area is 156 Å². The average Bonchev–Trinajstić information content (AvgIpc) is 2.99. The van der Waals surface area contributed by atoms with Crippen LogP contribution in [0.15, 0.2) is 24.3 Å². The van der Waals surface area contributed by atoms with Gasteiger partial charge in [-0.05, 0) is 25.0 Å². The number of hydrogen-bond acceptors (Lipinski definition) is 6. The molecule has 1 unspecified atom stereocenters. The van der Waals surface area contributed by atoms with Crippen LogP contribution < -0.4 is 10.1 Å². The number of nitrogens with zero attached hydrogens (tertiary/aromatic N) is 1. The molecular weight excluding hydrogens is 356 g/mol. The van der Waals surface area contributed by atoms with Crippen LogP contribution in [0.25, 0.3) is 0 Å². The van der Waals surface area contributed by atoms with Crippen molar-refractivity contribution in [2.24, 2.45) is 5.92 Å². The van der Waals surface area contributed by atoms with Crippen molar-refractivity contribution in [2.75, 3.05) is 20.8 Å². The number of hydrogen-bond donors (Lipinski definition) is 2. The van der Waals surface area contributed by atoms with Crippen LogP contribution >= 0.6 is 11.3 Å². The maximum atomic E-state index is 12.4. The quantitative estimate of drug-likeness (QED) is 0.695. The smallest absolute Gasteiger partial charge is 0.308 e. The molecule has 1 aromatic heterocycles. The number of carboxylic acid groups (broad SMARTS) is 1. The number of aromatic nitrogens is 1. The molecule has 8 heteroatoms. The van der Waals surface area contributed by atoms with Crippen LogP contribution in [0.1, 0.15) is 25.9 Å².